The molecule has 0 spiro atoms. The molecule has 2 aromatic rings. The molecule has 0 saturated carbocycles. The zero-order valence-electron chi connectivity index (χ0n) is 14.9. The number of halogens is 1. The number of hydrogen-bond acceptors (Lipinski definition) is 4. The molecule has 1 fully saturated rings. The molecule has 8 heteroatoms. The van der Waals surface area contributed by atoms with Crippen molar-refractivity contribution in [2.45, 2.75) is 24.7 Å². The second-order valence-corrected chi connectivity index (χ2v) is 8.71. The molecular weight excluding hydrogens is 388 g/mol. The van der Waals surface area contributed by atoms with Crippen molar-refractivity contribution in [1.82, 2.24) is 4.31 Å². The van der Waals surface area contributed by atoms with Gasteiger partial charge < -0.3 is 10.1 Å². The molecule has 1 saturated heterocycles. The number of nitrogens with one attached hydrogen (secondary N) is 1. The predicted molar refractivity (Wildman–Crippen MR) is 105 cm³/mol. The molecule has 0 radical (unpaired) electrons. The molecule has 0 aromatic heterocycles. The summed E-state index contributed by atoms with van der Waals surface area (Å²) >= 11 is 6.08. The predicted octanol–water partition coefficient (Wildman–Crippen LogP) is 3.45. The molecule has 27 heavy (non-hydrogen) atoms. The quantitative estimate of drug-likeness (QED) is 0.794. The molecule has 3 rings (SSSR count). The Hall–Kier alpha value is -2.09. The number of nitrogens with zero attached hydrogens (tertiary/aromatic N) is 1. The van der Waals surface area contributed by atoms with Gasteiger partial charge in [-0.2, -0.15) is 4.31 Å². The van der Waals surface area contributed by atoms with E-state index in [1.54, 1.807) is 24.3 Å². The minimum atomic E-state index is -3.53. The van der Waals surface area contributed by atoms with E-state index in [1.165, 1.54) is 16.4 Å². The molecule has 0 atom stereocenters. The smallest absolute Gasteiger partial charge is 0.262 e. The van der Waals surface area contributed by atoms with Crippen molar-refractivity contribution in [1.29, 1.82) is 0 Å². The lowest BCUT2D eigenvalue weighted by atomic mass is 10.2. The highest BCUT2D eigenvalue weighted by Gasteiger charge is 2.27. The molecule has 2 aromatic carbocycles. The lowest BCUT2D eigenvalue weighted by Gasteiger charge is -2.16. The Bertz CT molecular complexity index is 920. The highest BCUT2D eigenvalue weighted by Crippen LogP contribution is 2.28. The monoisotopic (exact) mass is 408 g/mol. The molecule has 0 aliphatic carbocycles. The molecule has 0 unspecified atom stereocenters. The number of aryl methyl sites for hydroxylation is 1. The fraction of sp³-hybridized carbons (Fsp3) is 0.316. The maximum Gasteiger partial charge on any atom is 0.262 e. The third-order valence-electron chi connectivity index (χ3n) is 4.33. The Morgan fingerprint density at radius 2 is 1.89 bits per heavy atom. The third kappa shape index (κ3) is 4.61. The van der Waals surface area contributed by atoms with Crippen molar-refractivity contribution < 1.29 is 17.9 Å². The Labute approximate surface area is 164 Å². The van der Waals surface area contributed by atoms with Gasteiger partial charge in [-0.25, -0.2) is 8.42 Å². The first-order chi connectivity index (χ1) is 12.9. The van der Waals surface area contributed by atoms with Gasteiger partial charge in [0.2, 0.25) is 10.0 Å². The number of anilines is 1. The molecule has 1 heterocycles. The van der Waals surface area contributed by atoms with Gasteiger partial charge in [-0.3, -0.25) is 4.79 Å². The highest BCUT2D eigenvalue weighted by atomic mass is 35.5. The van der Waals surface area contributed by atoms with E-state index in [-0.39, 0.29) is 11.5 Å². The molecule has 0 bridgehead atoms. The van der Waals surface area contributed by atoms with Crippen molar-refractivity contribution >= 4 is 33.2 Å². The fourth-order valence-corrected chi connectivity index (χ4v) is 4.79. The second-order valence-electron chi connectivity index (χ2n) is 6.36. The largest absolute Gasteiger partial charge is 0.482 e. The van der Waals surface area contributed by atoms with Crippen LogP contribution in [0, 0.1) is 6.92 Å². The minimum Gasteiger partial charge on any atom is -0.482 e. The van der Waals surface area contributed by atoms with Crippen LogP contribution in [0.5, 0.6) is 5.75 Å². The van der Waals surface area contributed by atoms with E-state index in [4.69, 9.17) is 16.3 Å². The van der Waals surface area contributed by atoms with E-state index in [9.17, 15) is 13.2 Å². The normalized spacial score (nSPS) is 14.9. The number of benzene rings is 2. The maximum absolute atomic E-state index is 12.6. The number of amides is 1. The van der Waals surface area contributed by atoms with E-state index < -0.39 is 15.9 Å². The van der Waals surface area contributed by atoms with Crippen LogP contribution in [-0.4, -0.2) is 38.3 Å². The standard InChI is InChI=1S/C19H21ClN2O4S/c1-14-6-4-9-17(20)19(14)26-13-18(23)21-15-7-5-8-16(12-15)27(24,25)22-10-2-3-11-22/h4-9,12H,2-3,10-11,13H2,1H3,(H,21,23). The molecular formula is C19H21ClN2O4S. The van der Waals surface area contributed by atoms with Crippen LogP contribution in [0.4, 0.5) is 5.69 Å². The van der Waals surface area contributed by atoms with Crippen molar-refractivity contribution in [3.05, 3.63) is 53.1 Å². The third-order valence-corrected chi connectivity index (χ3v) is 6.52. The topological polar surface area (TPSA) is 75.7 Å². The summed E-state index contributed by atoms with van der Waals surface area (Å²) in [5.41, 5.74) is 1.23. The lowest BCUT2D eigenvalue weighted by molar-refractivity contribution is -0.118. The van der Waals surface area contributed by atoms with Crippen LogP contribution in [0.3, 0.4) is 0 Å². The summed E-state index contributed by atoms with van der Waals surface area (Å²) in [6.07, 6.45) is 1.74. The molecule has 6 nitrogen and oxygen atoms in total. The molecule has 1 aliphatic heterocycles. The van der Waals surface area contributed by atoms with Gasteiger partial charge in [0.1, 0.15) is 5.75 Å². The fourth-order valence-electron chi connectivity index (χ4n) is 2.95. The number of carbonyl (C=O) groups excluding carboxylic acids is 1. The maximum atomic E-state index is 12.6. The molecule has 1 N–H and O–H groups in total. The molecule has 144 valence electrons. The number of hydrogen-bond donors (Lipinski definition) is 1. The number of ether oxygens (including phenoxy) is 1. The van der Waals surface area contributed by atoms with Gasteiger partial charge in [0.15, 0.2) is 6.61 Å². The van der Waals surface area contributed by atoms with Gasteiger partial charge in [0, 0.05) is 18.8 Å². The molecule has 1 aliphatic rings. The number of para-hydroxylation sites is 1. The van der Waals surface area contributed by atoms with Crippen LogP contribution in [0.25, 0.3) is 0 Å². The van der Waals surface area contributed by atoms with Gasteiger partial charge in [-0.15, -0.1) is 0 Å². The zero-order chi connectivity index (χ0) is 19.4. The minimum absolute atomic E-state index is 0.171. The zero-order valence-corrected chi connectivity index (χ0v) is 16.5. The SMILES string of the molecule is Cc1cccc(Cl)c1OCC(=O)Nc1cccc(S(=O)(=O)N2CCCC2)c1. The van der Waals surface area contributed by atoms with Gasteiger partial charge in [0.25, 0.3) is 5.91 Å². The summed E-state index contributed by atoms with van der Waals surface area (Å²) in [5, 5.41) is 3.10. The van der Waals surface area contributed by atoms with E-state index in [0.29, 0.717) is 29.5 Å². The van der Waals surface area contributed by atoms with Crippen LogP contribution in [0.2, 0.25) is 5.02 Å². The van der Waals surface area contributed by atoms with E-state index in [1.807, 2.05) is 13.0 Å². The van der Waals surface area contributed by atoms with Crippen molar-refractivity contribution in [3.63, 3.8) is 0 Å². The Morgan fingerprint density at radius 1 is 1.19 bits per heavy atom. The molecule has 1 amide bonds. The number of sulfonamides is 1. The van der Waals surface area contributed by atoms with Crippen LogP contribution in [0.15, 0.2) is 47.4 Å². The summed E-state index contributed by atoms with van der Waals surface area (Å²) in [6, 6.07) is 11.6. The summed E-state index contributed by atoms with van der Waals surface area (Å²) in [6.45, 7) is 2.67. The van der Waals surface area contributed by atoms with Gasteiger partial charge >= 0.3 is 0 Å². The van der Waals surface area contributed by atoms with Crippen LogP contribution < -0.4 is 10.1 Å². The number of rotatable bonds is 6. The van der Waals surface area contributed by atoms with Gasteiger partial charge in [-0.05, 0) is 49.6 Å². The van der Waals surface area contributed by atoms with E-state index >= 15 is 0 Å². The highest BCUT2D eigenvalue weighted by molar-refractivity contribution is 7.89. The van der Waals surface area contributed by atoms with Crippen molar-refractivity contribution in [2.24, 2.45) is 0 Å². The number of carbonyl (C=O) groups is 1. The van der Waals surface area contributed by atoms with Crippen LogP contribution >= 0.6 is 11.6 Å². The lowest BCUT2D eigenvalue weighted by Crippen LogP contribution is -2.28. The summed E-state index contributed by atoms with van der Waals surface area (Å²) < 4.78 is 32.2. The Morgan fingerprint density at radius 3 is 2.59 bits per heavy atom. The Balaban J connectivity index is 1.66. The average Bonchev–Trinajstić information content (AvgIpc) is 3.17. The average molecular weight is 409 g/mol. The van der Waals surface area contributed by atoms with Crippen LogP contribution in [0.1, 0.15) is 18.4 Å². The second kappa shape index (κ2) is 8.29. The summed E-state index contributed by atoms with van der Waals surface area (Å²) in [4.78, 5) is 12.4. The van der Waals surface area contributed by atoms with Crippen molar-refractivity contribution in [2.75, 3.05) is 25.0 Å². The van der Waals surface area contributed by atoms with Crippen LogP contribution in [-0.2, 0) is 14.8 Å². The summed E-state index contributed by atoms with van der Waals surface area (Å²) in [7, 11) is -3.53. The van der Waals surface area contributed by atoms with Gasteiger partial charge in [0.05, 0.1) is 9.92 Å². The van der Waals surface area contributed by atoms with E-state index in [2.05, 4.69) is 5.32 Å². The summed E-state index contributed by atoms with van der Waals surface area (Å²) in [5.74, 6) is 0.0599. The Kier molecular flexibility index (Phi) is 6.04. The first-order valence-corrected chi connectivity index (χ1v) is 10.5. The van der Waals surface area contributed by atoms with E-state index in [0.717, 1.165) is 18.4 Å². The first kappa shape index (κ1) is 19.7. The first-order valence-electron chi connectivity index (χ1n) is 8.66. The van der Waals surface area contributed by atoms with Gasteiger partial charge in [-0.1, -0.05) is 29.8 Å². The van der Waals surface area contributed by atoms with Crippen molar-refractivity contribution in [3.8, 4) is 5.75 Å².